The summed E-state index contributed by atoms with van der Waals surface area (Å²) in [5.41, 5.74) is 1.67. The van der Waals surface area contributed by atoms with Crippen LogP contribution in [-0.4, -0.2) is 47.6 Å². The molecule has 1 fully saturated rings. The van der Waals surface area contributed by atoms with Crippen molar-refractivity contribution in [3.63, 3.8) is 0 Å². The van der Waals surface area contributed by atoms with Crippen molar-refractivity contribution in [2.45, 2.75) is 37.1 Å². The molecule has 1 aromatic carbocycles. The van der Waals surface area contributed by atoms with Crippen LogP contribution in [0.15, 0.2) is 41.7 Å². The molecule has 4 rings (SSSR count). The van der Waals surface area contributed by atoms with Crippen LogP contribution in [0.4, 0.5) is 5.82 Å². The topological polar surface area (TPSA) is 99.0 Å². The van der Waals surface area contributed by atoms with Crippen molar-refractivity contribution in [1.29, 1.82) is 0 Å². The van der Waals surface area contributed by atoms with Gasteiger partial charge >= 0.3 is 0 Å². The summed E-state index contributed by atoms with van der Waals surface area (Å²) in [5, 5.41) is 8.16. The van der Waals surface area contributed by atoms with Gasteiger partial charge in [-0.3, -0.25) is 0 Å². The molecule has 1 aliphatic heterocycles. The molecule has 0 radical (unpaired) electrons. The molecular formula is C19H23N5O3S. The van der Waals surface area contributed by atoms with Crippen molar-refractivity contribution >= 4 is 26.7 Å². The Morgan fingerprint density at radius 2 is 2.04 bits per heavy atom. The highest BCUT2D eigenvalue weighted by atomic mass is 32.2. The highest BCUT2D eigenvalue weighted by Gasteiger charge is 2.23. The van der Waals surface area contributed by atoms with E-state index in [1.165, 1.54) is 5.56 Å². The van der Waals surface area contributed by atoms with Gasteiger partial charge in [-0.2, -0.15) is 10.1 Å². The molecular weight excluding hydrogens is 378 g/mol. The minimum atomic E-state index is -3.56. The second-order valence-corrected chi connectivity index (χ2v) is 8.85. The van der Waals surface area contributed by atoms with Gasteiger partial charge in [0, 0.05) is 19.4 Å². The van der Waals surface area contributed by atoms with Gasteiger partial charge in [0.25, 0.3) is 5.16 Å². The zero-order chi connectivity index (χ0) is 19.6. The lowest BCUT2D eigenvalue weighted by Crippen LogP contribution is -2.20. The summed E-state index contributed by atoms with van der Waals surface area (Å²) >= 11 is 0. The van der Waals surface area contributed by atoms with E-state index >= 15 is 0 Å². The van der Waals surface area contributed by atoms with E-state index in [1.807, 2.05) is 18.2 Å². The quantitative estimate of drug-likeness (QED) is 0.634. The zero-order valence-electron chi connectivity index (χ0n) is 15.7. The van der Waals surface area contributed by atoms with E-state index in [2.05, 4.69) is 32.5 Å². The molecule has 1 aliphatic rings. The predicted octanol–water partition coefficient (Wildman–Crippen LogP) is 2.58. The van der Waals surface area contributed by atoms with Gasteiger partial charge in [-0.05, 0) is 31.2 Å². The van der Waals surface area contributed by atoms with Gasteiger partial charge in [0.2, 0.25) is 9.84 Å². The Morgan fingerprint density at radius 3 is 2.75 bits per heavy atom. The van der Waals surface area contributed by atoms with E-state index in [-0.39, 0.29) is 11.4 Å². The molecule has 1 N–H and O–H groups in total. The molecule has 9 heteroatoms. The van der Waals surface area contributed by atoms with Crippen LogP contribution in [0, 0.1) is 0 Å². The third-order valence-corrected chi connectivity index (χ3v) is 5.59. The molecule has 3 aromatic rings. The van der Waals surface area contributed by atoms with Gasteiger partial charge in [0.05, 0.1) is 11.6 Å². The maximum Gasteiger partial charge on any atom is 0.250 e. The van der Waals surface area contributed by atoms with Crippen LogP contribution in [0.5, 0.6) is 0 Å². The SMILES string of the molecule is CS(=O)(=O)c1nc(NCCc2ccccc2)c2cnn(C3CCCCO3)c2n1. The van der Waals surface area contributed by atoms with Crippen molar-refractivity contribution in [3.05, 3.63) is 42.1 Å². The van der Waals surface area contributed by atoms with Crippen LogP contribution in [-0.2, 0) is 21.0 Å². The summed E-state index contributed by atoms with van der Waals surface area (Å²) in [4.78, 5) is 8.55. The van der Waals surface area contributed by atoms with Crippen LogP contribution >= 0.6 is 0 Å². The molecule has 0 saturated carbocycles. The maximum atomic E-state index is 12.1. The van der Waals surface area contributed by atoms with Gasteiger partial charge < -0.3 is 10.1 Å². The van der Waals surface area contributed by atoms with Crippen molar-refractivity contribution in [2.24, 2.45) is 0 Å². The molecule has 28 heavy (non-hydrogen) atoms. The number of benzene rings is 1. The van der Waals surface area contributed by atoms with Crippen molar-refractivity contribution < 1.29 is 13.2 Å². The van der Waals surface area contributed by atoms with Crippen molar-refractivity contribution in [2.75, 3.05) is 24.7 Å². The van der Waals surface area contributed by atoms with Crippen LogP contribution in [0.25, 0.3) is 11.0 Å². The van der Waals surface area contributed by atoms with Crippen molar-refractivity contribution in [3.8, 4) is 0 Å². The van der Waals surface area contributed by atoms with Gasteiger partial charge in [0.15, 0.2) is 11.9 Å². The normalized spacial score (nSPS) is 17.7. The van der Waals surface area contributed by atoms with Crippen LogP contribution in [0.2, 0.25) is 0 Å². The van der Waals surface area contributed by atoms with E-state index in [0.29, 0.717) is 30.0 Å². The zero-order valence-corrected chi connectivity index (χ0v) is 16.5. The Bertz CT molecular complexity index is 1060. The molecule has 148 valence electrons. The maximum absolute atomic E-state index is 12.1. The summed E-state index contributed by atoms with van der Waals surface area (Å²) in [7, 11) is -3.56. The fourth-order valence-electron chi connectivity index (χ4n) is 3.30. The molecule has 1 unspecified atom stereocenters. The number of ether oxygens (including phenoxy) is 1. The number of fused-ring (bicyclic) bond motifs is 1. The monoisotopic (exact) mass is 401 g/mol. The Balaban J connectivity index is 1.67. The Hall–Kier alpha value is -2.52. The highest BCUT2D eigenvalue weighted by Crippen LogP contribution is 2.28. The number of hydrogen-bond acceptors (Lipinski definition) is 7. The molecule has 0 amide bonds. The Kier molecular flexibility index (Phi) is 5.27. The van der Waals surface area contributed by atoms with E-state index in [1.54, 1.807) is 10.9 Å². The molecule has 0 spiro atoms. The molecule has 3 heterocycles. The minimum Gasteiger partial charge on any atom is -0.369 e. The average Bonchev–Trinajstić information content (AvgIpc) is 3.13. The number of anilines is 1. The van der Waals surface area contributed by atoms with Crippen LogP contribution in [0.1, 0.15) is 31.1 Å². The van der Waals surface area contributed by atoms with Gasteiger partial charge in [-0.15, -0.1) is 0 Å². The van der Waals surface area contributed by atoms with Gasteiger partial charge in [-0.1, -0.05) is 30.3 Å². The fourth-order valence-corrected chi connectivity index (χ4v) is 3.81. The standard InChI is InChI=1S/C19H23N5O3S/c1-28(25,26)19-22-17(20-11-10-14-7-3-2-4-8-14)15-13-21-24(18(15)23-19)16-9-5-6-12-27-16/h2-4,7-8,13,16H,5-6,9-12H2,1H3,(H,20,22,23). The third-order valence-electron chi connectivity index (χ3n) is 4.74. The predicted molar refractivity (Wildman–Crippen MR) is 106 cm³/mol. The molecule has 8 nitrogen and oxygen atoms in total. The fraction of sp³-hybridized carbons (Fsp3) is 0.421. The first-order chi connectivity index (χ1) is 13.5. The molecule has 0 bridgehead atoms. The second-order valence-electron chi connectivity index (χ2n) is 6.94. The number of rotatable bonds is 6. The van der Waals surface area contributed by atoms with E-state index in [9.17, 15) is 8.42 Å². The molecule has 2 aromatic heterocycles. The van der Waals surface area contributed by atoms with Gasteiger partial charge in [0.1, 0.15) is 5.82 Å². The van der Waals surface area contributed by atoms with Crippen LogP contribution < -0.4 is 5.32 Å². The molecule has 1 saturated heterocycles. The van der Waals surface area contributed by atoms with E-state index < -0.39 is 9.84 Å². The number of nitrogens with one attached hydrogen (secondary N) is 1. The Labute approximate surface area is 163 Å². The third kappa shape index (κ3) is 4.00. The number of nitrogens with zero attached hydrogens (tertiary/aromatic N) is 4. The van der Waals surface area contributed by atoms with E-state index in [4.69, 9.17) is 4.74 Å². The largest absolute Gasteiger partial charge is 0.369 e. The summed E-state index contributed by atoms with van der Waals surface area (Å²) in [6.07, 6.45) is 6.23. The second kappa shape index (κ2) is 7.84. The molecule has 1 atom stereocenters. The summed E-state index contributed by atoms with van der Waals surface area (Å²) < 4.78 is 31.7. The summed E-state index contributed by atoms with van der Waals surface area (Å²) in [5.74, 6) is 0.475. The van der Waals surface area contributed by atoms with E-state index in [0.717, 1.165) is 31.9 Å². The average molecular weight is 401 g/mol. The minimum absolute atomic E-state index is 0.209. The molecule has 0 aliphatic carbocycles. The van der Waals surface area contributed by atoms with Crippen LogP contribution in [0.3, 0.4) is 0 Å². The summed E-state index contributed by atoms with van der Waals surface area (Å²) in [6, 6.07) is 10.1. The van der Waals surface area contributed by atoms with Crippen molar-refractivity contribution in [1.82, 2.24) is 19.7 Å². The number of aromatic nitrogens is 4. The lowest BCUT2D eigenvalue weighted by atomic mass is 10.1. The highest BCUT2D eigenvalue weighted by molar-refractivity contribution is 7.90. The first kappa shape index (κ1) is 18.8. The lowest BCUT2D eigenvalue weighted by Gasteiger charge is -2.23. The van der Waals surface area contributed by atoms with Gasteiger partial charge in [-0.25, -0.2) is 18.1 Å². The first-order valence-corrected chi connectivity index (χ1v) is 11.3. The first-order valence-electron chi connectivity index (χ1n) is 9.37. The number of hydrogen-bond donors (Lipinski definition) is 1. The smallest absolute Gasteiger partial charge is 0.250 e. The Morgan fingerprint density at radius 1 is 1.21 bits per heavy atom. The lowest BCUT2D eigenvalue weighted by molar-refractivity contribution is -0.0370. The summed E-state index contributed by atoms with van der Waals surface area (Å²) in [6.45, 7) is 1.28. The number of sulfone groups is 1.